The minimum atomic E-state index is -0.407. The molecule has 73 heavy (non-hydrogen) atoms. The van der Waals surface area contributed by atoms with Gasteiger partial charge in [-0.25, -0.2) is 9.98 Å². The first-order valence-corrected chi connectivity index (χ1v) is 24.9. The van der Waals surface area contributed by atoms with Crippen LogP contribution in [0.4, 0.5) is 0 Å². The lowest BCUT2D eigenvalue weighted by atomic mass is 10.00. The maximum absolute atomic E-state index is 6.72. The van der Waals surface area contributed by atoms with Crippen LogP contribution in [0.5, 0.6) is 0 Å². The van der Waals surface area contributed by atoms with Crippen LogP contribution in [-0.4, -0.2) is 20.8 Å². The second kappa shape index (κ2) is 15.4. The summed E-state index contributed by atoms with van der Waals surface area (Å²) in [4.78, 5) is 10.9. The van der Waals surface area contributed by atoms with Crippen LogP contribution in [-0.2, 0) is 0 Å². The molecule has 1 unspecified atom stereocenters. The molecule has 0 bridgehead atoms. The lowest BCUT2D eigenvalue weighted by molar-refractivity contribution is 0.669. The van der Waals surface area contributed by atoms with Crippen molar-refractivity contribution < 1.29 is 4.42 Å². The third-order valence-corrected chi connectivity index (χ3v) is 15.3. The highest BCUT2D eigenvalue weighted by molar-refractivity contribution is 6.23. The highest BCUT2D eigenvalue weighted by Gasteiger charge is 2.25. The zero-order valence-electron chi connectivity index (χ0n) is 39.3. The molecule has 12 aromatic carbocycles. The largest absolute Gasteiger partial charge is 0.456 e. The van der Waals surface area contributed by atoms with E-state index >= 15 is 0 Å². The Kier molecular flexibility index (Phi) is 8.42. The van der Waals surface area contributed by atoms with E-state index in [1.54, 1.807) is 0 Å². The molecule has 0 radical (unpaired) electrons. The molecule has 15 aromatic rings. The number of hydrogen-bond acceptors (Lipinski definition) is 4. The standard InChI is InChI=1S/C67H41N5O/c1-2-19-48(20-3-1)71-58-24-11-10-22-51(58)54-35-46(26-30-59(54)71)65-68-66(70-67(69-65)52-23-12-18-40-13-8-9-21-50(40)52)47-28-31-62-57(36-47)64-53-39-49(29-25-41(53)27-32-63(64)73-62)72-60-37-44-16-6-4-14-42(44)33-55(60)56-34-43-15-5-7-17-45(43)38-61(56)72/h1-39,67H,(H,68,69,70). The van der Waals surface area contributed by atoms with Gasteiger partial charge in [0.1, 0.15) is 23.2 Å². The summed E-state index contributed by atoms with van der Waals surface area (Å²) in [6, 6.07) is 85.2. The Hall–Kier alpha value is -9.78. The van der Waals surface area contributed by atoms with Crippen LogP contribution >= 0.6 is 0 Å². The van der Waals surface area contributed by atoms with Crippen molar-refractivity contribution in [2.24, 2.45) is 9.98 Å². The second-order valence-electron chi connectivity index (χ2n) is 19.4. The number of para-hydroxylation sites is 2. The van der Waals surface area contributed by atoms with Gasteiger partial charge in [0.05, 0.1) is 22.1 Å². The lowest BCUT2D eigenvalue weighted by Gasteiger charge is -2.24. The van der Waals surface area contributed by atoms with E-state index < -0.39 is 6.17 Å². The first-order valence-electron chi connectivity index (χ1n) is 24.9. The van der Waals surface area contributed by atoms with Crippen molar-refractivity contribution in [3.63, 3.8) is 0 Å². The molecule has 0 spiro atoms. The Morgan fingerprint density at radius 1 is 0.356 bits per heavy atom. The maximum atomic E-state index is 6.72. The second-order valence-corrected chi connectivity index (χ2v) is 19.4. The zero-order valence-corrected chi connectivity index (χ0v) is 39.3. The first-order chi connectivity index (χ1) is 36.1. The summed E-state index contributed by atoms with van der Waals surface area (Å²) in [5.41, 5.74) is 11.5. The van der Waals surface area contributed by atoms with Gasteiger partial charge in [0.15, 0.2) is 5.84 Å². The summed E-state index contributed by atoms with van der Waals surface area (Å²) >= 11 is 0. The number of amidine groups is 2. The third kappa shape index (κ3) is 6.11. The van der Waals surface area contributed by atoms with Gasteiger partial charge in [0, 0.05) is 60.4 Å². The average molecular weight is 932 g/mol. The van der Waals surface area contributed by atoms with Gasteiger partial charge in [-0.3, -0.25) is 0 Å². The smallest absolute Gasteiger partial charge is 0.159 e. The molecule has 4 heterocycles. The quantitative estimate of drug-likeness (QED) is 0.187. The number of aromatic nitrogens is 2. The van der Waals surface area contributed by atoms with Crippen LogP contribution in [0.15, 0.2) is 251 Å². The van der Waals surface area contributed by atoms with E-state index in [0.29, 0.717) is 5.84 Å². The van der Waals surface area contributed by atoms with Crippen molar-refractivity contribution in [2.75, 3.05) is 0 Å². The van der Waals surface area contributed by atoms with Gasteiger partial charge in [0.2, 0.25) is 0 Å². The van der Waals surface area contributed by atoms with Gasteiger partial charge in [-0.15, -0.1) is 0 Å². The minimum Gasteiger partial charge on any atom is -0.456 e. The van der Waals surface area contributed by atoms with E-state index in [9.17, 15) is 0 Å². The molecule has 1 N–H and O–H groups in total. The fourth-order valence-electron chi connectivity index (χ4n) is 11.9. The van der Waals surface area contributed by atoms with Gasteiger partial charge in [0.25, 0.3) is 0 Å². The van der Waals surface area contributed by atoms with E-state index in [0.717, 1.165) is 93.8 Å². The molecule has 0 amide bonds. The lowest BCUT2D eigenvalue weighted by Crippen LogP contribution is -2.33. The molecule has 6 heteroatoms. The van der Waals surface area contributed by atoms with Crippen LogP contribution in [0.3, 0.4) is 0 Å². The molecule has 0 saturated heterocycles. The Bertz CT molecular complexity index is 4800. The monoisotopic (exact) mass is 931 g/mol. The molecule has 6 nitrogen and oxygen atoms in total. The number of fused-ring (bicyclic) bond motifs is 14. The summed E-state index contributed by atoms with van der Waals surface area (Å²) in [5.74, 6) is 1.42. The molecule has 0 fully saturated rings. The summed E-state index contributed by atoms with van der Waals surface area (Å²) < 4.78 is 11.5. The Morgan fingerprint density at radius 3 is 1.71 bits per heavy atom. The molecule has 1 atom stereocenters. The van der Waals surface area contributed by atoms with Crippen molar-refractivity contribution in [2.45, 2.75) is 6.17 Å². The topological polar surface area (TPSA) is 59.8 Å². The molecule has 340 valence electrons. The van der Waals surface area contributed by atoms with Crippen molar-refractivity contribution in [1.29, 1.82) is 0 Å². The SMILES string of the molecule is c1ccc(-n2c3ccccc3c3cc(C4=NC(c5cccc6ccccc56)NC(c5ccc6oc7ccc8ccc(-n9c%10cc%11ccccc%11cc%10c%10cc%11ccccc%11cc%109)cc8c7c6c5)=N4)ccc32)cc1. The van der Waals surface area contributed by atoms with Crippen molar-refractivity contribution in [3.05, 3.63) is 253 Å². The number of aliphatic imine (C=N–C) groups is 2. The van der Waals surface area contributed by atoms with Gasteiger partial charge in [-0.2, -0.15) is 0 Å². The third-order valence-electron chi connectivity index (χ3n) is 15.3. The molecule has 0 aliphatic carbocycles. The van der Waals surface area contributed by atoms with Crippen LogP contribution in [0.25, 0.3) is 120 Å². The number of nitrogens with one attached hydrogen (secondary N) is 1. The number of rotatable bonds is 5. The normalized spacial score (nSPS) is 14.2. The molecular weight excluding hydrogens is 891 g/mol. The summed E-state index contributed by atoms with van der Waals surface area (Å²) in [6.07, 6.45) is -0.407. The van der Waals surface area contributed by atoms with Gasteiger partial charge in [-0.05, 0) is 140 Å². The van der Waals surface area contributed by atoms with E-state index in [2.05, 4.69) is 251 Å². The molecule has 3 aromatic heterocycles. The van der Waals surface area contributed by atoms with E-state index in [1.165, 1.54) is 48.7 Å². The predicted octanol–water partition coefficient (Wildman–Crippen LogP) is 16.9. The Morgan fingerprint density at radius 2 is 0.932 bits per heavy atom. The van der Waals surface area contributed by atoms with Crippen molar-refractivity contribution in [1.82, 2.24) is 14.5 Å². The molecule has 0 saturated carbocycles. The molecule has 16 rings (SSSR count). The molecular formula is C67H41N5O. The minimum absolute atomic E-state index is 0.407. The van der Waals surface area contributed by atoms with Crippen LogP contribution in [0.1, 0.15) is 22.9 Å². The van der Waals surface area contributed by atoms with Crippen molar-refractivity contribution >= 4 is 120 Å². The summed E-state index contributed by atoms with van der Waals surface area (Å²) in [5, 5.41) is 20.2. The number of benzene rings is 12. The highest BCUT2D eigenvalue weighted by atomic mass is 16.3. The average Bonchev–Trinajstić information content (AvgIpc) is 4.11. The molecule has 1 aliphatic heterocycles. The van der Waals surface area contributed by atoms with Gasteiger partial charge >= 0.3 is 0 Å². The van der Waals surface area contributed by atoms with Gasteiger partial charge < -0.3 is 18.9 Å². The first kappa shape index (κ1) is 40.0. The van der Waals surface area contributed by atoms with E-state index in [1.807, 2.05) is 0 Å². The van der Waals surface area contributed by atoms with E-state index in [-0.39, 0.29) is 0 Å². The fourth-order valence-corrected chi connectivity index (χ4v) is 11.9. The van der Waals surface area contributed by atoms with Gasteiger partial charge in [-0.1, -0.05) is 140 Å². The van der Waals surface area contributed by atoms with Crippen LogP contribution < -0.4 is 5.32 Å². The number of hydrogen-bond donors (Lipinski definition) is 1. The highest BCUT2D eigenvalue weighted by Crippen LogP contribution is 2.41. The van der Waals surface area contributed by atoms with Crippen LogP contribution in [0.2, 0.25) is 0 Å². The number of nitrogens with zero attached hydrogens (tertiary/aromatic N) is 4. The molecule has 1 aliphatic rings. The van der Waals surface area contributed by atoms with Crippen molar-refractivity contribution in [3.8, 4) is 11.4 Å². The maximum Gasteiger partial charge on any atom is 0.159 e. The van der Waals surface area contributed by atoms with E-state index in [4.69, 9.17) is 14.4 Å². The Balaban J connectivity index is 0.885. The summed E-state index contributed by atoms with van der Waals surface area (Å²) in [7, 11) is 0. The Labute approximate surface area is 418 Å². The number of furan rings is 1. The summed E-state index contributed by atoms with van der Waals surface area (Å²) in [6.45, 7) is 0. The fraction of sp³-hybridized carbons (Fsp3) is 0.0149. The zero-order chi connectivity index (χ0) is 47.7. The van der Waals surface area contributed by atoms with Crippen LogP contribution in [0, 0.1) is 0 Å². The predicted molar refractivity (Wildman–Crippen MR) is 304 cm³/mol.